The van der Waals surface area contributed by atoms with Crippen molar-refractivity contribution in [2.24, 2.45) is 0 Å². The summed E-state index contributed by atoms with van der Waals surface area (Å²) in [6.45, 7) is -0.151. The molecule has 0 radical (unpaired) electrons. The van der Waals surface area contributed by atoms with Gasteiger partial charge in [0.05, 0.1) is 24.6 Å². The van der Waals surface area contributed by atoms with E-state index in [0.717, 1.165) is 0 Å². The molecule has 0 bridgehead atoms. The molecular weight excluding hydrogens is 178 g/mol. The third-order valence-electron chi connectivity index (χ3n) is 1.19. The maximum atomic E-state index is 8.61. The van der Waals surface area contributed by atoms with E-state index >= 15 is 0 Å². The first-order chi connectivity index (χ1) is 4.86. The Morgan fingerprint density at radius 2 is 1.55 bits per heavy atom. The second-order valence-corrected chi connectivity index (χ2v) is 1.94. The van der Waals surface area contributed by atoms with Crippen LogP contribution in [0.1, 0.15) is 11.4 Å². The summed E-state index contributed by atoms with van der Waals surface area (Å²) in [5.41, 5.74) is 1.18. The van der Waals surface area contributed by atoms with Gasteiger partial charge >= 0.3 is 0 Å². The van der Waals surface area contributed by atoms with Gasteiger partial charge in [0, 0.05) is 21.7 Å². The quantitative estimate of drug-likeness (QED) is 0.644. The zero-order valence-corrected chi connectivity index (χ0v) is 7.55. The van der Waals surface area contributed by atoms with Crippen LogP contribution in [0.4, 0.5) is 0 Å². The van der Waals surface area contributed by atoms with E-state index in [2.05, 4.69) is 4.98 Å². The van der Waals surface area contributed by atoms with E-state index in [4.69, 9.17) is 10.2 Å². The van der Waals surface area contributed by atoms with Gasteiger partial charge in [0.25, 0.3) is 0 Å². The van der Waals surface area contributed by atoms with E-state index < -0.39 is 0 Å². The van der Waals surface area contributed by atoms with Crippen LogP contribution in [0.2, 0.25) is 0 Å². The van der Waals surface area contributed by atoms with Crippen molar-refractivity contribution in [2.45, 2.75) is 13.2 Å². The summed E-state index contributed by atoms with van der Waals surface area (Å²) in [5.74, 6) is 0. The van der Waals surface area contributed by atoms with Crippen molar-refractivity contribution in [1.82, 2.24) is 4.98 Å². The Labute approximate surface area is 80.0 Å². The SMILES string of the molecule is OCc1cccc(CO)n1.[Ti]. The molecule has 0 spiro atoms. The molecule has 0 unspecified atom stereocenters. The molecule has 0 saturated carbocycles. The Bertz CT molecular complexity index is 198. The summed E-state index contributed by atoms with van der Waals surface area (Å²) in [6.07, 6.45) is 0. The predicted molar refractivity (Wildman–Crippen MR) is 36.1 cm³/mol. The molecule has 0 aliphatic carbocycles. The van der Waals surface area contributed by atoms with E-state index in [1.807, 2.05) is 0 Å². The molecule has 0 fully saturated rings. The Hall–Kier alpha value is -0.216. The van der Waals surface area contributed by atoms with Crippen molar-refractivity contribution < 1.29 is 31.9 Å². The molecule has 0 saturated heterocycles. The number of nitrogens with zero attached hydrogens (tertiary/aromatic N) is 1. The molecular formula is C7H9NO2Ti. The molecule has 1 aromatic rings. The molecule has 1 heterocycles. The molecule has 4 heteroatoms. The molecule has 0 aromatic carbocycles. The zero-order chi connectivity index (χ0) is 7.40. The van der Waals surface area contributed by atoms with Gasteiger partial charge in [-0.3, -0.25) is 4.98 Å². The Morgan fingerprint density at radius 1 is 1.09 bits per heavy atom. The Kier molecular flexibility index (Phi) is 5.33. The van der Waals surface area contributed by atoms with Gasteiger partial charge in [-0.25, -0.2) is 0 Å². The second-order valence-electron chi connectivity index (χ2n) is 1.94. The van der Waals surface area contributed by atoms with Gasteiger partial charge in [0.15, 0.2) is 0 Å². The third kappa shape index (κ3) is 3.12. The monoisotopic (exact) mass is 187 g/mol. The van der Waals surface area contributed by atoms with Crippen LogP contribution >= 0.6 is 0 Å². The van der Waals surface area contributed by atoms with E-state index in [1.54, 1.807) is 18.2 Å². The molecule has 0 aliphatic heterocycles. The fraction of sp³-hybridized carbons (Fsp3) is 0.286. The fourth-order valence-corrected chi connectivity index (χ4v) is 0.705. The largest absolute Gasteiger partial charge is 0.390 e. The van der Waals surface area contributed by atoms with Crippen LogP contribution in [0.25, 0.3) is 0 Å². The number of pyridine rings is 1. The molecule has 58 valence electrons. The minimum Gasteiger partial charge on any atom is -0.390 e. The predicted octanol–water partition coefficient (Wildman–Crippen LogP) is 0.0637. The number of aliphatic hydroxyl groups excluding tert-OH is 2. The molecule has 1 aromatic heterocycles. The first kappa shape index (κ1) is 10.8. The van der Waals surface area contributed by atoms with Gasteiger partial charge in [0.1, 0.15) is 0 Å². The summed E-state index contributed by atoms with van der Waals surface area (Å²) in [7, 11) is 0. The fourth-order valence-electron chi connectivity index (χ4n) is 0.705. The van der Waals surface area contributed by atoms with Gasteiger partial charge in [0.2, 0.25) is 0 Å². The smallest absolute Gasteiger partial charge is 0.0853 e. The first-order valence-corrected chi connectivity index (χ1v) is 3.03. The van der Waals surface area contributed by atoms with Gasteiger partial charge in [-0.05, 0) is 12.1 Å². The Morgan fingerprint density at radius 3 is 1.91 bits per heavy atom. The molecule has 0 aliphatic rings. The summed E-state index contributed by atoms with van der Waals surface area (Å²) in [4.78, 5) is 3.91. The maximum Gasteiger partial charge on any atom is 0.0853 e. The second kappa shape index (κ2) is 5.44. The number of aliphatic hydroxyl groups is 2. The molecule has 0 atom stereocenters. The van der Waals surface area contributed by atoms with E-state index in [9.17, 15) is 0 Å². The molecule has 11 heavy (non-hydrogen) atoms. The van der Waals surface area contributed by atoms with Crippen molar-refractivity contribution in [2.75, 3.05) is 0 Å². The van der Waals surface area contributed by atoms with Crippen LogP contribution in [-0.4, -0.2) is 15.2 Å². The van der Waals surface area contributed by atoms with Crippen LogP contribution < -0.4 is 0 Å². The van der Waals surface area contributed by atoms with Crippen molar-refractivity contribution in [3.63, 3.8) is 0 Å². The van der Waals surface area contributed by atoms with Gasteiger partial charge < -0.3 is 10.2 Å². The zero-order valence-electron chi connectivity index (χ0n) is 5.99. The molecule has 1 rings (SSSR count). The van der Waals surface area contributed by atoms with E-state index in [1.165, 1.54) is 0 Å². The van der Waals surface area contributed by atoms with Gasteiger partial charge in [-0.15, -0.1) is 0 Å². The summed E-state index contributed by atoms with van der Waals surface area (Å²) in [5, 5.41) is 17.2. The van der Waals surface area contributed by atoms with Crippen LogP contribution in [0.5, 0.6) is 0 Å². The minimum absolute atomic E-state index is 0. The third-order valence-corrected chi connectivity index (χ3v) is 1.19. The minimum atomic E-state index is -0.0756. The summed E-state index contributed by atoms with van der Waals surface area (Å²) < 4.78 is 0. The number of hydrogen-bond acceptors (Lipinski definition) is 3. The van der Waals surface area contributed by atoms with Crippen molar-refractivity contribution in [3.8, 4) is 0 Å². The van der Waals surface area contributed by atoms with Crippen molar-refractivity contribution in [3.05, 3.63) is 29.6 Å². The van der Waals surface area contributed by atoms with Crippen molar-refractivity contribution in [1.29, 1.82) is 0 Å². The summed E-state index contributed by atoms with van der Waals surface area (Å²) in [6, 6.07) is 5.17. The average molecular weight is 187 g/mol. The number of aromatic nitrogens is 1. The van der Waals surface area contributed by atoms with E-state index in [0.29, 0.717) is 11.4 Å². The Balaban J connectivity index is 0.000001000. The van der Waals surface area contributed by atoms with Crippen LogP contribution in [0.15, 0.2) is 18.2 Å². The number of rotatable bonds is 2. The summed E-state index contributed by atoms with van der Waals surface area (Å²) >= 11 is 0. The maximum absolute atomic E-state index is 8.61. The van der Waals surface area contributed by atoms with Crippen LogP contribution in [-0.2, 0) is 34.9 Å². The number of hydrogen-bond donors (Lipinski definition) is 2. The van der Waals surface area contributed by atoms with E-state index in [-0.39, 0.29) is 34.9 Å². The normalized spacial score (nSPS) is 8.91. The van der Waals surface area contributed by atoms with Gasteiger partial charge in [-0.1, -0.05) is 6.07 Å². The standard InChI is InChI=1S/C7H9NO2.Ti/c9-4-6-2-1-3-7(5-10)8-6;/h1-3,9-10H,4-5H2;. The van der Waals surface area contributed by atoms with Gasteiger partial charge in [-0.2, -0.15) is 0 Å². The van der Waals surface area contributed by atoms with Crippen molar-refractivity contribution >= 4 is 0 Å². The molecule has 0 amide bonds. The average Bonchev–Trinajstić information content (AvgIpc) is 2.05. The molecule has 2 N–H and O–H groups in total. The molecule has 3 nitrogen and oxygen atoms in total. The topological polar surface area (TPSA) is 53.4 Å². The van der Waals surface area contributed by atoms with Crippen LogP contribution in [0.3, 0.4) is 0 Å². The first-order valence-electron chi connectivity index (χ1n) is 3.03. The van der Waals surface area contributed by atoms with Crippen LogP contribution in [0, 0.1) is 0 Å².